The maximum atomic E-state index is 15.0. The second-order valence-corrected chi connectivity index (χ2v) is 11.0. The van der Waals surface area contributed by atoms with Gasteiger partial charge in [-0.05, 0) is 68.2 Å². The summed E-state index contributed by atoms with van der Waals surface area (Å²) in [5.41, 5.74) is 4.41. The van der Waals surface area contributed by atoms with Crippen LogP contribution in [-0.4, -0.2) is 33.1 Å². The molecule has 0 radical (unpaired) electrons. The highest BCUT2D eigenvalue weighted by Crippen LogP contribution is 2.39. The van der Waals surface area contributed by atoms with Gasteiger partial charge < -0.3 is 14.6 Å². The van der Waals surface area contributed by atoms with Crippen molar-refractivity contribution in [2.75, 3.05) is 13.1 Å². The summed E-state index contributed by atoms with van der Waals surface area (Å²) in [6.07, 6.45) is 6.64. The zero-order valence-corrected chi connectivity index (χ0v) is 23.5. The quantitative estimate of drug-likeness (QED) is 0.127. The van der Waals surface area contributed by atoms with E-state index in [-0.39, 0.29) is 5.75 Å². The molecule has 0 aliphatic carbocycles. The maximum Gasteiger partial charge on any atom is 0.166 e. The van der Waals surface area contributed by atoms with E-state index in [1.165, 1.54) is 23.0 Å². The van der Waals surface area contributed by atoms with Gasteiger partial charge in [-0.1, -0.05) is 36.4 Å². The Kier molecular flexibility index (Phi) is 8.71. The molecule has 4 heterocycles. The van der Waals surface area contributed by atoms with Gasteiger partial charge in [-0.15, -0.1) is 11.3 Å². The van der Waals surface area contributed by atoms with Crippen molar-refractivity contribution >= 4 is 38.6 Å². The number of ether oxygens (including phenoxy) is 1. The van der Waals surface area contributed by atoms with E-state index < -0.39 is 5.82 Å². The molecule has 9 heteroatoms. The lowest BCUT2D eigenvalue weighted by Gasteiger charge is -2.09. The van der Waals surface area contributed by atoms with Crippen LogP contribution in [0.2, 0.25) is 0 Å². The van der Waals surface area contributed by atoms with Gasteiger partial charge in [-0.25, -0.2) is 4.39 Å². The van der Waals surface area contributed by atoms with E-state index in [2.05, 4.69) is 33.4 Å². The van der Waals surface area contributed by atoms with Crippen molar-refractivity contribution in [1.82, 2.24) is 20.4 Å². The van der Waals surface area contributed by atoms with E-state index in [4.69, 9.17) is 21.5 Å². The molecule has 39 heavy (non-hydrogen) atoms. The molecule has 6 nitrogen and oxygen atoms in total. The fourth-order valence-electron chi connectivity index (χ4n) is 4.22. The van der Waals surface area contributed by atoms with Crippen molar-refractivity contribution in [3.05, 3.63) is 89.3 Å². The monoisotopic (exact) mass is 560 g/mol. The van der Waals surface area contributed by atoms with E-state index in [0.29, 0.717) is 18.6 Å². The van der Waals surface area contributed by atoms with Crippen LogP contribution in [0.15, 0.2) is 65.4 Å². The average Bonchev–Trinajstić information content (AvgIpc) is 3.55. The summed E-state index contributed by atoms with van der Waals surface area (Å²) in [4.78, 5) is 10.9. The molecule has 0 aliphatic rings. The molecule has 4 aromatic heterocycles. The average molecular weight is 561 g/mol. The van der Waals surface area contributed by atoms with Gasteiger partial charge in [0.25, 0.3) is 0 Å². The maximum absolute atomic E-state index is 15.0. The van der Waals surface area contributed by atoms with Gasteiger partial charge in [0, 0.05) is 42.2 Å². The number of nitrogens with zero attached hydrogens (tertiary/aromatic N) is 3. The Morgan fingerprint density at radius 2 is 1.90 bits per heavy atom. The molecule has 0 fully saturated rings. The SMILES string of the molecule is CCCNCCc1ccc(-c2cc3nccc(Oc4ccc(CC(=S)Cc5cc(C)on5)cc4F)c3s2)nc1. The topological polar surface area (TPSA) is 73.1 Å². The van der Waals surface area contributed by atoms with Crippen LogP contribution in [0.3, 0.4) is 0 Å². The number of benzene rings is 1. The first kappa shape index (κ1) is 27.1. The molecule has 0 aliphatic heterocycles. The van der Waals surface area contributed by atoms with Crippen molar-refractivity contribution in [2.24, 2.45) is 0 Å². The van der Waals surface area contributed by atoms with Gasteiger partial charge in [-0.3, -0.25) is 9.97 Å². The van der Waals surface area contributed by atoms with Crippen molar-refractivity contribution in [1.29, 1.82) is 0 Å². The third-order valence-corrected chi connectivity index (χ3v) is 7.59. The molecule has 5 aromatic rings. The highest BCUT2D eigenvalue weighted by atomic mass is 32.1. The Balaban J connectivity index is 1.27. The van der Waals surface area contributed by atoms with E-state index in [1.54, 1.807) is 18.3 Å². The number of rotatable bonds is 12. The first-order valence-electron chi connectivity index (χ1n) is 12.9. The summed E-state index contributed by atoms with van der Waals surface area (Å²) in [6, 6.07) is 14.7. The minimum atomic E-state index is -0.444. The molecule has 200 valence electrons. The van der Waals surface area contributed by atoms with E-state index in [0.717, 1.165) is 68.6 Å². The summed E-state index contributed by atoms with van der Waals surface area (Å²) in [5, 5.41) is 7.39. The van der Waals surface area contributed by atoms with Crippen LogP contribution in [0.1, 0.15) is 35.9 Å². The summed E-state index contributed by atoms with van der Waals surface area (Å²) in [6.45, 7) is 5.96. The second kappa shape index (κ2) is 12.5. The second-order valence-electron chi connectivity index (χ2n) is 9.37. The number of hydrogen-bond acceptors (Lipinski definition) is 8. The first-order valence-corrected chi connectivity index (χ1v) is 14.2. The predicted molar refractivity (Wildman–Crippen MR) is 157 cm³/mol. The molecule has 0 unspecified atom stereocenters. The zero-order valence-electron chi connectivity index (χ0n) is 21.9. The van der Waals surface area contributed by atoms with Crippen LogP contribution in [0, 0.1) is 12.7 Å². The number of pyridine rings is 2. The number of fused-ring (bicyclic) bond motifs is 1. The number of nitrogens with one attached hydrogen (secondary N) is 1. The predicted octanol–water partition coefficient (Wildman–Crippen LogP) is 7.28. The molecule has 0 saturated carbocycles. The van der Waals surface area contributed by atoms with Gasteiger partial charge in [-0.2, -0.15) is 0 Å². The highest BCUT2D eigenvalue weighted by molar-refractivity contribution is 7.80. The van der Waals surface area contributed by atoms with Gasteiger partial charge in [0.2, 0.25) is 0 Å². The van der Waals surface area contributed by atoms with Crippen molar-refractivity contribution in [2.45, 2.75) is 39.5 Å². The number of halogens is 1. The molecule has 1 aromatic carbocycles. The van der Waals surface area contributed by atoms with Gasteiger partial charge in [0.15, 0.2) is 11.6 Å². The number of thiophene rings is 1. The smallest absolute Gasteiger partial charge is 0.166 e. The van der Waals surface area contributed by atoms with Gasteiger partial charge >= 0.3 is 0 Å². The molecule has 0 spiro atoms. The van der Waals surface area contributed by atoms with E-state index >= 15 is 4.39 Å². The van der Waals surface area contributed by atoms with Crippen LogP contribution in [0.25, 0.3) is 20.8 Å². The summed E-state index contributed by atoms with van der Waals surface area (Å²) in [7, 11) is 0. The number of aryl methyl sites for hydroxylation is 1. The van der Waals surface area contributed by atoms with Gasteiger partial charge in [0.1, 0.15) is 11.5 Å². The molecular weight excluding hydrogens is 531 g/mol. The number of hydrogen-bond donors (Lipinski definition) is 1. The van der Waals surface area contributed by atoms with Crippen molar-refractivity contribution in [3.63, 3.8) is 0 Å². The summed E-state index contributed by atoms with van der Waals surface area (Å²) < 4.78 is 27.0. The van der Waals surface area contributed by atoms with E-state index in [9.17, 15) is 0 Å². The molecule has 0 saturated heterocycles. The summed E-state index contributed by atoms with van der Waals surface area (Å²) in [5.74, 6) is 1.00. The van der Waals surface area contributed by atoms with Crippen LogP contribution < -0.4 is 10.1 Å². The van der Waals surface area contributed by atoms with Crippen LogP contribution in [0.4, 0.5) is 4.39 Å². The largest absolute Gasteiger partial charge is 0.453 e. The normalized spacial score (nSPS) is 11.3. The summed E-state index contributed by atoms with van der Waals surface area (Å²) >= 11 is 7.02. The Hall–Kier alpha value is -3.53. The van der Waals surface area contributed by atoms with Crippen LogP contribution >= 0.6 is 23.6 Å². The fourth-order valence-corrected chi connectivity index (χ4v) is 5.58. The lowest BCUT2D eigenvalue weighted by Crippen LogP contribution is -2.17. The molecule has 5 rings (SSSR count). The minimum Gasteiger partial charge on any atom is -0.453 e. The Morgan fingerprint density at radius 3 is 2.64 bits per heavy atom. The van der Waals surface area contributed by atoms with Crippen molar-refractivity contribution in [3.8, 4) is 22.1 Å². The molecule has 0 atom stereocenters. The molecular formula is C30H29FN4O2S2. The lowest BCUT2D eigenvalue weighted by atomic mass is 10.1. The fraction of sp³-hybridized carbons (Fsp3) is 0.267. The number of aromatic nitrogens is 3. The standard InChI is InChI=1S/C30H29FN4O2S2/c1-3-10-32-11-8-20-4-6-25(34-18-20)29-17-26-30(39-29)28(9-12-33-26)36-27-7-5-21(15-24(27)31)14-23(38)16-22-13-19(2)37-35-22/h4-7,9,12-13,15,17-18,32H,3,8,10-11,14,16H2,1-2H3. The third kappa shape index (κ3) is 6.92. The van der Waals surface area contributed by atoms with Crippen LogP contribution in [-0.2, 0) is 19.3 Å². The highest BCUT2D eigenvalue weighted by Gasteiger charge is 2.14. The Morgan fingerprint density at radius 1 is 1.03 bits per heavy atom. The Labute approximate surface area is 236 Å². The van der Waals surface area contributed by atoms with Crippen molar-refractivity contribution < 1.29 is 13.7 Å². The van der Waals surface area contributed by atoms with Gasteiger partial charge in [0.05, 0.1) is 26.5 Å². The Bertz CT molecular complexity index is 1580. The molecule has 0 bridgehead atoms. The third-order valence-electron chi connectivity index (χ3n) is 6.14. The van der Waals surface area contributed by atoms with E-state index in [1.807, 2.05) is 37.4 Å². The minimum absolute atomic E-state index is 0.151. The lowest BCUT2D eigenvalue weighted by molar-refractivity contribution is 0.392. The zero-order chi connectivity index (χ0) is 27.2. The molecule has 0 amide bonds. The first-order chi connectivity index (χ1) is 19.0. The van der Waals surface area contributed by atoms with Crippen LogP contribution in [0.5, 0.6) is 11.5 Å². The molecule has 1 N–H and O–H groups in total. The number of thiocarbonyl (C=S) groups is 1.